The molecule has 164 valence electrons. The molecule has 0 aliphatic rings. The van der Waals surface area contributed by atoms with Crippen LogP contribution < -0.4 is 4.74 Å². The molecule has 0 unspecified atom stereocenters. The van der Waals surface area contributed by atoms with Gasteiger partial charge in [-0.1, -0.05) is 23.7 Å². The lowest BCUT2D eigenvalue weighted by molar-refractivity contribution is -0.126. The van der Waals surface area contributed by atoms with Crippen molar-refractivity contribution < 1.29 is 19.1 Å². The second-order valence-corrected chi connectivity index (χ2v) is 7.40. The Morgan fingerprint density at radius 3 is 2.53 bits per heavy atom. The number of carbonyl (C=O) groups is 2. The highest BCUT2D eigenvalue weighted by atomic mass is 35.5. The van der Waals surface area contributed by atoms with Gasteiger partial charge in [0, 0.05) is 13.7 Å². The molecular formula is C21H27Cl2N3O4. The molecule has 0 aliphatic heterocycles. The zero-order valence-corrected chi connectivity index (χ0v) is 19.2. The lowest BCUT2D eigenvalue weighted by Crippen LogP contribution is -2.41. The molecule has 9 heteroatoms. The van der Waals surface area contributed by atoms with Crippen molar-refractivity contribution in [2.45, 2.75) is 27.2 Å². The van der Waals surface area contributed by atoms with Gasteiger partial charge in [0.1, 0.15) is 23.9 Å². The van der Waals surface area contributed by atoms with Crippen molar-refractivity contribution in [3.05, 3.63) is 45.7 Å². The van der Waals surface area contributed by atoms with Gasteiger partial charge < -0.3 is 9.47 Å². The molecule has 1 aromatic heterocycles. The Bertz CT molecular complexity index is 899. The summed E-state index contributed by atoms with van der Waals surface area (Å²) in [7, 11) is 1.60. The van der Waals surface area contributed by atoms with Crippen molar-refractivity contribution in [2.75, 3.05) is 32.2 Å². The molecule has 1 aromatic carbocycles. The van der Waals surface area contributed by atoms with E-state index in [1.165, 1.54) is 4.68 Å². The number of hydrogen-bond donors (Lipinski definition) is 0. The predicted molar refractivity (Wildman–Crippen MR) is 117 cm³/mol. The number of hydrogen-bond acceptors (Lipinski definition) is 5. The molecule has 0 bridgehead atoms. The van der Waals surface area contributed by atoms with Crippen LogP contribution in [0.25, 0.3) is 0 Å². The molecule has 0 saturated heterocycles. The SMILES string of the molecule is CCOCCc1ccc(OCCN(C(=O)CCl)C(=O)c2c(Cl)c(C)nn2C)c(C)c1. The second kappa shape index (κ2) is 11.3. The van der Waals surface area contributed by atoms with E-state index in [1.54, 1.807) is 14.0 Å². The van der Waals surface area contributed by atoms with E-state index in [9.17, 15) is 9.59 Å². The highest BCUT2D eigenvalue weighted by Crippen LogP contribution is 2.22. The molecule has 0 spiro atoms. The fourth-order valence-electron chi connectivity index (χ4n) is 3.01. The Morgan fingerprint density at radius 2 is 1.97 bits per heavy atom. The summed E-state index contributed by atoms with van der Waals surface area (Å²) in [6.07, 6.45) is 0.826. The molecular weight excluding hydrogens is 429 g/mol. The summed E-state index contributed by atoms with van der Waals surface area (Å²) in [5, 5.41) is 4.34. The largest absolute Gasteiger partial charge is 0.491 e. The number of nitrogens with zero attached hydrogens (tertiary/aromatic N) is 3. The van der Waals surface area contributed by atoms with Gasteiger partial charge in [0.15, 0.2) is 0 Å². The highest BCUT2D eigenvalue weighted by molar-refractivity contribution is 6.35. The van der Waals surface area contributed by atoms with E-state index in [0.29, 0.717) is 24.7 Å². The van der Waals surface area contributed by atoms with E-state index < -0.39 is 11.8 Å². The molecule has 7 nitrogen and oxygen atoms in total. The van der Waals surface area contributed by atoms with Gasteiger partial charge in [-0.15, -0.1) is 11.6 Å². The summed E-state index contributed by atoms with van der Waals surface area (Å²) >= 11 is 11.9. The molecule has 30 heavy (non-hydrogen) atoms. The van der Waals surface area contributed by atoms with Crippen molar-refractivity contribution in [3.63, 3.8) is 0 Å². The number of carbonyl (C=O) groups excluding carboxylic acids is 2. The van der Waals surface area contributed by atoms with Crippen LogP contribution >= 0.6 is 23.2 Å². The van der Waals surface area contributed by atoms with Crippen LogP contribution in [0.2, 0.25) is 5.02 Å². The summed E-state index contributed by atoms with van der Waals surface area (Å²) in [4.78, 5) is 26.2. The highest BCUT2D eigenvalue weighted by Gasteiger charge is 2.28. The van der Waals surface area contributed by atoms with E-state index in [4.69, 9.17) is 32.7 Å². The minimum absolute atomic E-state index is 0.0382. The minimum atomic E-state index is -0.555. The van der Waals surface area contributed by atoms with Crippen LogP contribution in [0.3, 0.4) is 0 Å². The number of imide groups is 1. The number of halogens is 2. The zero-order valence-electron chi connectivity index (χ0n) is 17.7. The molecule has 2 amide bonds. The maximum Gasteiger partial charge on any atom is 0.280 e. The molecule has 0 atom stereocenters. The van der Waals surface area contributed by atoms with Crippen LogP contribution in [-0.2, 0) is 23.0 Å². The lowest BCUT2D eigenvalue weighted by atomic mass is 10.1. The van der Waals surface area contributed by atoms with Gasteiger partial charge in [0.05, 0.1) is 23.9 Å². The third-order valence-corrected chi connectivity index (χ3v) is 5.24. The van der Waals surface area contributed by atoms with Gasteiger partial charge in [-0.3, -0.25) is 19.2 Å². The zero-order chi connectivity index (χ0) is 22.3. The quantitative estimate of drug-likeness (QED) is 0.404. The van der Waals surface area contributed by atoms with Gasteiger partial charge in [-0.25, -0.2) is 0 Å². The Labute approximate surface area is 186 Å². The summed E-state index contributed by atoms with van der Waals surface area (Å²) in [6.45, 7) is 7.14. The standard InChI is InChI=1S/C21H27Cl2N3O4/c1-5-29-10-8-16-6-7-17(14(2)12-16)30-11-9-26(18(27)13-22)21(28)20-19(23)15(3)24-25(20)4/h6-7,12H,5,8-11,13H2,1-4H3. The van der Waals surface area contributed by atoms with Crippen molar-refractivity contribution in [2.24, 2.45) is 7.05 Å². The number of aromatic nitrogens is 2. The summed E-state index contributed by atoms with van der Waals surface area (Å²) in [5.74, 6) is -0.716. The van der Waals surface area contributed by atoms with E-state index in [2.05, 4.69) is 5.10 Å². The first-order valence-corrected chi connectivity index (χ1v) is 10.6. The Balaban J connectivity index is 2.05. The number of ether oxygens (including phenoxy) is 2. The third kappa shape index (κ3) is 5.97. The van der Waals surface area contributed by atoms with E-state index >= 15 is 0 Å². The lowest BCUT2D eigenvalue weighted by Gasteiger charge is -2.21. The molecule has 0 aliphatic carbocycles. The topological polar surface area (TPSA) is 73.7 Å². The number of benzene rings is 1. The molecule has 2 rings (SSSR count). The van der Waals surface area contributed by atoms with Crippen molar-refractivity contribution in [1.29, 1.82) is 0 Å². The summed E-state index contributed by atoms with van der Waals surface area (Å²) in [6, 6.07) is 5.90. The fourth-order valence-corrected chi connectivity index (χ4v) is 3.40. The monoisotopic (exact) mass is 455 g/mol. The Morgan fingerprint density at radius 1 is 1.23 bits per heavy atom. The third-order valence-electron chi connectivity index (χ3n) is 4.56. The smallest absolute Gasteiger partial charge is 0.280 e. The maximum atomic E-state index is 12.9. The number of amides is 2. The van der Waals surface area contributed by atoms with Crippen LogP contribution in [0.1, 0.15) is 34.2 Å². The van der Waals surface area contributed by atoms with Crippen LogP contribution in [0.5, 0.6) is 5.75 Å². The Hall–Kier alpha value is -2.09. The van der Waals surface area contributed by atoms with E-state index in [0.717, 1.165) is 22.4 Å². The molecule has 1 heterocycles. The molecule has 2 aromatic rings. The average Bonchev–Trinajstić information content (AvgIpc) is 2.97. The van der Waals surface area contributed by atoms with Gasteiger partial charge >= 0.3 is 0 Å². The number of aryl methyl sites for hydroxylation is 3. The van der Waals surface area contributed by atoms with E-state index in [-0.39, 0.29) is 29.7 Å². The average molecular weight is 456 g/mol. The molecule has 0 fully saturated rings. The Kier molecular flexibility index (Phi) is 9.14. The second-order valence-electron chi connectivity index (χ2n) is 6.75. The van der Waals surface area contributed by atoms with Gasteiger partial charge in [-0.05, 0) is 44.4 Å². The molecule has 0 saturated carbocycles. The van der Waals surface area contributed by atoms with Gasteiger partial charge in [0.2, 0.25) is 5.91 Å². The first-order chi connectivity index (χ1) is 14.3. The summed E-state index contributed by atoms with van der Waals surface area (Å²) < 4.78 is 12.6. The van der Waals surface area contributed by atoms with Crippen LogP contribution in [0, 0.1) is 13.8 Å². The summed E-state index contributed by atoms with van der Waals surface area (Å²) in [5.41, 5.74) is 2.78. The van der Waals surface area contributed by atoms with Crippen LogP contribution in [0.4, 0.5) is 0 Å². The maximum absolute atomic E-state index is 12.9. The van der Waals surface area contributed by atoms with Crippen molar-refractivity contribution >= 4 is 35.0 Å². The van der Waals surface area contributed by atoms with Crippen molar-refractivity contribution in [1.82, 2.24) is 14.7 Å². The predicted octanol–water partition coefficient (Wildman–Crippen LogP) is 3.56. The molecule has 0 N–H and O–H groups in total. The van der Waals surface area contributed by atoms with Crippen LogP contribution in [0.15, 0.2) is 18.2 Å². The molecule has 0 radical (unpaired) electrons. The number of alkyl halides is 1. The van der Waals surface area contributed by atoms with E-state index in [1.807, 2.05) is 32.0 Å². The van der Waals surface area contributed by atoms with Crippen molar-refractivity contribution in [3.8, 4) is 5.75 Å². The number of rotatable bonds is 10. The fraction of sp³-hybridized carbons (Fsp3) is 0.476. The first-order valence-electron chi connectivity index (χ1n) is 9.69. The van der Waals surface area contributed by atoms with Gasteiger partial charge in [0.25, 0.3) is 5.91 Å². The van der Waals surface area contributed by atoms with Gasteiger partial charge in [-0.2, -0.15) is 5.10 Å². The normalized spacial score (nSPS) is 10.9. The minimum Gasteiger partial charge on any atom is -0.491 e. The van der Waals surface area contributed by atoms with Crippen LogP contribution in [-0.4, -0.2) is 58.7 Å². The first kappa shape index (κ1) is 24.2.